The minimum atomic E-state index is -0.577. The highest BCUT2D eigenvalue weighted by molar-refractivity contribution is 5.63. The molecule has 0 radical (unpaired) electrons. The Morgan fingerprint density at radius 1 is 0.886 bits per heavy atom. The molecule has 0 bridgehead atoms. The molecule has 0 atom stereocenters. The van der Waals surface area contributed by atoms with Crippen LogP contribution in [0.25, 0.3) is 5.70 Å². The van der Waals surface area contributed by atoms with Crippen LogP contribution in [0.1, 0.15) is 22.3 Å². The van der Waals surface area contributed by atoms with Gasteiger partial charge in [0.25, 0.3) is 0 Å². The van der Waals surface area contributed by atoms with Crippen molar-refractivity contribution in [2.45, 2.75) is 12.1 Å². The van der Waals surface area contributed by atoms with Crippen molar-refractivity contribution in [3.05, 3.63) is 151 Å². The first-order chi connectivity index (χ1) is 17.1. The van der Waals surface area contributed by atoms with Crippen LogP contribution < -0.4 is 10.9 Å². The monoisotopic (exact) mass is 462 g/mol. The standard InChI is InChI=1S/C31H34N4/c1-5-20-34(21-6-2)25(3)28-15-13-14-27(22-28)23-35-24-32-33-31(26(35)4,29-16-9-7-10-17-29)30-18-11-8-12-19-30/h5-19,22,32-33H,1-4,20-21,23-24H2. The van der Waals surface area contributed by atoms with E-state index >= 15 is 0 Å². The summed E-state index contributed by atoms with van der Waals surface area (Å²) in [4.78, 5) is 4.46. The lowest BCUT2D eigenvalue weighted by Gasteiger charge is -2.47. The largest absolute Gasteiger partial charge is 0.364 e. The summed E-state index contributed by atoms with van der Waals surface area (Å²) >= 11 is 0. The Bertz CT molecular complexity index is 1130. The van der Waals surface area contributed by atoms with Gasteiger partial charge in [0, 0.05) is 31.0 Å². The molecule has 0 unspecified atom stereocenters. The van der Waals surface area contributed by atoms with E-state index in [9.17, 15) is 0 Å². The SMILES string of the molecule is C=CCN(CC=C)C(=C)c1cccc(CN2CNNC(c3ccccc3)(c3ccccc3)C2=C)c1. The molecule has 2 N–H and O–H groups in total. The van der Waals surface area contributed by atoms with E-state index in [4.69, 9.17) is 0 Å². The Morgan fingerprint density at radius 2 is 1.49 bits per heavy atom. The van der Waals surface area contributed by atoms with Crippen LogP contribution >= 0.6 is 0 Å². The number of nitrogens with one attached hydrogen (secondary N) is 2. The molecule has 4 nitrogen and oxygen atoms in total. The molecule has 1 fully saturated rings. The second-order valence-corrected chi connectivity index (χ2v) is 8.72. The van der Waals surface area contributed by atoms with E-state index < -0.39 is 5.54 Å². The first kappa shape index (κ1) is 24.3. The van der Waals surface area contributed by atoms with Crippen LogP contribution in [-0.4, -0.2) is 29.6 Å². The topological polar surface area (TPSA) is 30.5 Å². The normalized spacial score (nSPS) is 14.9. The van der Waals surface area contributed by atoms with Crippen LogP contribution in [0.15, 0.2) is 129 Å². The van der Waals surface area contributed by atoms with E-state index in [0.717, 1.165) is 47.7 Å². The summed E-state index contributed by atoms with van der Waals surface area (Å²) in [7, 11) is 0. The van der Waals surface area contributed by atoms with Crippen LogP contribution in [0.5, 0.6) is 0 Å². The van der Waals surface area contributed by atoms with Crippen LogP contribution in [-0.2, 0) is 12.1 Å². The van der Waals surface area contributed by atoms with Crippen molar-refractivity contribution in [2.24, 2.45) is 0 Å². The van der Waals surface area contributed by atoms with E-state index in [0.29, 0.717) is 6.67 Å². The summed E-state index contributed by atoms with van der Waals surface area (Å²) in [6, 6.07) is 29.5. The van der Waals surface area contributed by atoms with Gasteiger partial charge < -0.3 is 9.80 Å². The fourth-order valence-electron chi connectivity index (χ4n) is 4.70. The molecule has 0 aromatic heterocycles. The number of hydrazine groups is 1. The van der Waals surface area contributed by atoms with Gasteiger partial charge in [-0.1, -0.05) is 104 Å². The zero-order chi connectivity index (χ0) is 24.7. The maximum Gasteiger partial charge on any atom is 0.121 e. The zero-order valence-corrected chi connectivity index (χ0v) is 20.3. The summed E-state index contributed by atoms with van der Waals surface area (Å²) in [5, 5.41) is 0. The Kier molecular flexibility index (Phi) is 7.66. The molecule has 178 valence electrons. The summed E-state index contributed by atoms with van der Waals surface area (Å²) < 4.78 is 0. The maximum atomic E-state index is 4.61. The minimum absolute atomic E-state index is 0.577. The first-order valence-electron chi connectivity index (χ1n) is 11.9. The minimum Gasteiger partial charge on any atom is -0.364 e. The fourth-order valence-corrected chi connectivity index (χ4v) is 4.70. The van der Waals surface area contributed by atoms with E-state index in [1.54, 1.807) is 0 Å². The van der Waals surface area contributed by atoms with Crippen LogP contribution in [0.4, 0.5) is 0 Å². The third kappa shape index (κ3) is 4.99. The molecule has 0 amide bonds. The Labute approximate surface area is 209 Å². The molecule has 3 aromatic carbocycles. The van der Waals surface area contributed by atoms with Gasteiger partial charge in [0.1, 0.15) is 5.54 Å². The number of nitrogens with zero attached hydrogens (tertiary/aromatic N) is 2. The van der Waals surface area contributed by atoms with Crippen molar-refractivity contribution < 1.29 is 0 Å². The molecule has 4 rings (SSSR count). The lowest BCUT2D eigenvalue weighted by Crippen LogP contribution is -2.62. The van der Waals surface area contributed by atoms with Gasteiger partial charge in [-0.05, 0) is 28.3 Å². The summed E-state index contributed by atoms with van der Waals surface area (Å²) in [6.07, 6.45) is 3.78. The van der Waals surface area contributed by atoms with Crippen molar-refractivity contribution in [3.63, 3.8) is 0 Å². The fraction of sp³-hybridized carbons (Fsp3) is 0.161. The molecule has 0 aliphatic carbocycles. The lowest BCUT2D eigenvalue weighted by atomic mass is 9.79. The predicted molar refractivity (Wildman–Crippen MR) is 147 cm³/mol. The molecule has 4 heteroatoms. The van der Waals surface area contributed by atoms with Gasteiger partial charge in [0.05, 0.1) is 6.67 Å². The molecule has 3 aromatic rings. The number of rotatable bonds is 10. The van der Waals surface area contributed by atoms with Gasteiger partial charge in [-0.25, -0.2) is 10.9 Å². The highest BCUT2D eigenvalue weighted by Gasteiger charge is 2.42. The van der Waals surface area contributed by atoms with Gasteiger partial charge >= 0.3 is 0 Å². The Hall–Kier alpha value is -3.86. The van der Waals surface area contributed by atoms with E-state index in [-0.39, 0.29) is 0 Å². The van der Waals surface area contributed by atoms with Crippen LogP contribution in [0.3, 0.4) is 0 Å². The molecule has 0 saturated carbocycles. The van der Waals surface area contributed by atoms with Gasteiger partial charge in [0.2, 0.25) is 0 Å². The second-order valence-electron chi connectivity index (χ2n) is 8.72. The van der Waals surface area contributed by atoms with Gasteiger partial charge in [-0.15, -0.1) is 13.2 Å². The average molecular weight is 463 g/mol. The lowest BCUT2D eigenvalue weighted by molar-refractivity contribution is 0.165. The maximum absolute atomic E-state index is 4.61. The van der Waals surface area contributed by atoms with E-state index in [2.05, 4.69) is 120 Å². The van der Waals surface area contributed by atoms with E-state index in [1.165, 1.54) is 5.56 Å². The molecular formula is C31H34N4. The molecule has 1 aliphatic rings. The van der Waals surface area contributed by atoms with Gasteiger partial charge in [-0.2, -0.15) is 0 Å². The Morgan fingerprint density at radius 3 is 2.06 bits per heavy atom. The quantitative estimate of drug-likeness (QED) is 0.381. The van der Waals surface area contributed by atoms with Crippen LogP contribution in [0.2, 0.25) is 0 Å². The molecule has 1 heterocycles. The summed E-state index contributed by atoms with van der Waals surface area (Å²) in [5.74, 6) is 0. The zero-order valence-electron chi connectivity index (χ0n) is 20.3. The second kappa shape index (κ2) is 11.0. The third-order valence-electron chi connectivity index (χ3n) is 6.49. The smallest absolute Gasteiger partial charge is 0.121 e. The van der Waals surface area contributed by atoms with Crippen molar-refractivity contribution in [1.29, 1.82) is 0 Å². The predicted octanol–water partition coefficient (Wildman–Crippen LogP) is 5.66. The number of benzene rings is 3. The highest BCUT2D eigenvalue weighted by atomic mass is 15.5. The number of hydrogen-bond donors (Lipinski definition) is 2. The first-order valence-corrected chi connectivity index (χ1v) is 11.9. The summed E-state index contributed by atoms with van der Waals surface area (Å²) in [6.45, 7) is 19.5. The van der Waals surface area contributed by atoms with Crippen molar-refractivity contribution in [3.8, 4) is 0 Å². The van der Waals surface area contributed by atoms with Gasteiger partial charge in [-0.3, -0.25) is 0 Å². The third-order valence-corrected chi connectivity index (χ3v) is 6.49. The van der Waals surface area contributed by atoms with Crippen molar-refractivity contribution >= 4 is 5.70 Å². The van der Waals surface area contributed by atoms with Gasteiger partial charge in [0.15, 0.2) is 0 Å². The Balaban J connectivity index is 1.64. The molecule has 0 spiro atoms. The average Bonchev–Trinajstić information content (AvgIpc) is 2.91. The van der Waals surface area contributed by atoms with Crippen molar-refractivity contribution in [1.82, 2.24) is 20.7 Å². The highest BCUT2D eigenvalue weighted by Crippen LogP contribution is 2.39. The van der Waals surface area contributed by atoms with Crippen LogP contribution in [0, 0.1) is 0 Å². The summed E-state index contributed by atoms with van der Waals surface area (Å²) in [5.41, 5.74) is 13.0. The van der Waals surface area contributed by atoms with Crippen molar-refractivity contribution in [2.75, 3.05) is 19.8 Å². The molecule has 35 heavy (non-hydrogen) atoms. The van der Waals surface area contributed by atoms with E-state index in [1.807, 2.05) is 24.3 Å². The number of hydrogen-bond acceptors (Lipinski definition) is 4. The molecular weight excluding hydrogens is 428 g/mol. The molecule has 1 saturated heterocycles. The molecule has 1 aliphatic heterocycles.